The Morgan fingerprint density at radius 3 is 2.55 bits per heavy atom. The number of carbonyl (C=O) groups is 2. The highest BCUT2D eigenvalue weighted by Gasteiger charge is 2.10. The number of carbonyl (C=O) groups excluding carboxylic acids is 2. The van der Waals surface area contributed by atoms with Crippen molar-refractivity contribution in [3.63, 3.8) is 0 Å². The van der Waals surface area contributed by atoms with Crippen molar-refractivity contribution in [2.45, 2.75) is 0 Å². The molecular formula is C15H13ClFN3O2. The lowest BCUT2D eigenvalue weighted by Crippen LogP contribution is -2.21. The Kier molecular flexibility index (Phi) is 5.08. The Labute approximate surface area is 131 Å². The molecule has 5 nitrogen and oxygen atoms in total. The first kappa shape index (κ1) is 15.9. The Hall–Kier alpha value is -2.44. The van der Waals surface area contributed by atoms with E-state index >= 15 is 0 Å². The van der Waals surface area contributed by atoms with Crippen LogP contribution in [-0.2, 0) is 4.79 Å². The van der Waals surface area contributed by atoms with Gasteiger partial charge in [0.15, 0.2) is 0 Å². The van der Waals surface area contributed by atoms with E-state index in [1.807, 2.05) is 0 Å². The summed E-state index contributed by atoms with van der Waals surface area (Å²) in [6, 6.07) is 9.89. The molecule has 0 aliphatic carbocycles. The molecule has 0 aliphatic heterocycles. The molecule has 22 heavy (non-hydrogen) atoms. The highest BCUT2D eigenvalue weighted by atomic mass is 35.5. The third kappa shape index (κ3) is 4.03. The summed E-state index contributed by atoms with van der Waals surface area (Å²) in [5, 5.41) is 5.35. The predicted molar refractivity (Wildman–Crippen MR) is 83.5 cm³/mol. The van der Waals surface area contributed by atoms with Gasteiger partial charge in [0.05, 0.1) is 17.3 Å². The average Bonchev–Trinajstić information content (AvgIpc) is 2.49. The molecule has 2 aromatic rings. The van der Waals surface area contributed by atoms with Crippen LogP contribution in [0, 0.1) is 5.82 Å². The zero-order chi connectivity index (χ0) is 16.1. The summed E-state index contributed by atoms with van der Waals surface area (Å²) in [4.78, 5) is 23.2. The minimum absolute atomic E-state index is 0.143. The molecule has 2 amide bonds. The normalized spacial score (nSPS) is 10.1. The van der Waals surface area contributed by atoms with E-state index in [1.54, 1.807) is 6.07 Å². The number of halogens is 2. The fourth-order valence-electron chi connectivity index (χ4n) is 1.73. The molecule has 0 bridgehead atoms. The van der Waals surface area contributed by atoms with E-state index in [-0.39, 0.29) is 23.0 Å². The molecule has 0 saturated carbocycles. The smallest absolute Gasteiger partial charge is 0.255 e. The molecule has 114 valence electrons. The molecule has 2 aromatic carbocycles. The van der Waals surface area contributed by atoms with Crippen molar-refractivity contribution in [3.05, 3.63) is 58.9 Å². The standard InChI is InChI=1S/C15H13ClFN3O2/c16-12-7-11(19-14(21)8-18)4-5-13(12)20-15(22)9-2-1-3-10(17)6-9/h1-7H,8,18H2,(H,19,21)(H,20,22). The van der Waals surface area contributed by atoms with Crippen LogP contribution < -0.4 is 16.4 Å². The predicted octanol–water partition coefficient (Wildman–Crippen LogP) is 2.63. The Morgan fingerprint density at radius 2 is 1.91 bits per heavy atom. The average molecular weight is 322 g/mol. The van der Waals surface area contributed by atoms with Crippen LogP contribution >= 0.6 is 11.6 Å². The van der Waals surface area contributed by atoms with Crippen LogP contribution in [0.15, 0.2) is 42.5 Å². The van der Waals surface area contributed by atoms with E-state index in [4.69, 9.17) is 17.3 Å². The number of amides is 2. The highest BCUT2D eigenvalue weighted by molar-refractivity contribution is 6.34. The maximum Gasteiger partial charge on any atom is 0.255 e. The van der Waals surface area contributed by atoms with Crippen LogP contribution in [0.25, 0.3) is 0 Å². The molecule has 0 fully saturated rings. The highest BCUT2D eigenvalue weighted by Crippen LogP contribution is 2.26. The zero-order valence-electron chi connectivity index (χ0n) is 11.4. The Balaban J connectivity index is 2.13. The fraction of sp³-hybridized carbons (Fsp3) is 0.0667. The van der Waals surface area contributed by atoms with Gasteiger partial charge in [-0.15, -0.1) is 0 Å². The molecule has 0 radical (unpaired) electrons. The second-order valence-electron chi connectivity index (χ2n) is 4.41. The zero-order valence-corrected chi connectivity index (χ0v) is 12.2. The summed E-state index contributed by atoms with van der Waals surface area (Å²) >= 11 is 6.05. The first-order chi connectivity index (χ1) is 10.5. The van der Waals surface area contributed by atoms with Gasteiger partial charge in [-0.2, -0.15) is 0 Å². The molecule has 0 atom stereocenters. The number of anilines is 2. The number of nitrogens with two attached hydrogens (primary N) is 1. The molecule has 0 spiro atoms. The summed E-state index contributed by atoms with van der Waals surface area (Å²) < 4.78 is 13.1. The first-order valence-electron chi connectivity index (χ1n) is 6.36. The molecule has 0 saturated heterocycles. The number of benzene rings is 2. The van der Waals surface area contributed by atoms with Gasteiger partial charge in [0.1, 0.15) is 5.82 Å². The molecule has 2 rings (SSSR count). The van der Waals surface area contributed by atoms with E-state index in [1.165, 1.54) is 30.3 Å². The third-order valence-corrected chi connectivity index (χ3v) is 3.09. The minimum Gasteiger partial charge on any atom is -0.325 e. The van der Waals surface area contributed by atoms with Crippen molar-refractivity contribution < 1.29 is 14.0 Å². The van der Waals surface area contributed by atoms with E-state index in [9.17, 15) is 14.0 Å². The summed E-state index contributed by atoms with van der Waals surface area (Å²) in [5.41, 5.74) is 6.19. The third-order valence-electron chi connectivity index (χ3n) is 2.77. The number of hydrogen-bond donors (Lipinski definition) is 3. The second kappa shape index (κ2) is 7.02. The second-order valence-corrected chi connectivity index (χ2v) is 4.82. The van der Waals surface area contributed by atoms with Gasteiger partial charge in [-0.1, -0.05) is 17.7 Å². The van der Waals surface area contributed by atoms with Gasteiger partial charge in [0, 0.05) is 11.3 Å². The summed E-state index contributed by atoms with van der Waals surface area (Å²) in [6.07, 6.45) is 0. The van der Waals surface area contributed by atoms with Crippen molar-refractivity contribution in [1.29, 1.82) is 0 Å². The van der Waals surface area contributed by atoms with Gasteiger partial charge in [-0.05, 0) is 36.4 Å². The number of hydrogen-bond acceptors (Lipinski definition) is 3. The van der Waals surface area contributed by atoms with Gasteiger partial charge < -0.3 is 16.4 Å². The summed E-state index contributed by atoms with van der Waals surface area (Å²) in [6.45, 7) is -0.143. The van der Waals surface area contributed by atoms with Crippen LogP contribution in [0.3, 0.4) is 0 Å². The van der Waals surface area contributed by atoms with Crippen molar-refractivity contribution >= 4 is 34.8 Å². The van der Waals surface area contributed by atoms with Crippen molar-refractivity contribution in [2.24, 2.45) is 5.73 Å². The molecule has 4 N–H and O–H groups in total. The number of rotatable bonds is 4. The lowest BCUT2D eigenvalue weighted by atomic mass is 10.2. The Bertz CT molecular complexity index is 722. The van der Waals surface area contributed by atoms with E-state index in [0.717, 1.165) is 6.07 Å². The quantitative estimate of drug-likeness (QED) is 0.809. The van der Waals surface area contributed by atoms with Crippen LogP contribution in [0.2, 0.25) is 5.02 Å². The SMILES string of the molecule is NCC(=O)Nc1ccc(NC(=O)c2cccc(F)c2)c(Cl)c1. The lowest BCUT2D eigenvalue weighted by Gasteiger charge is -2.10. The topological polar surface area (TPSA) is 84.2 Å². The van der Waals surface area contributed by atoms with Crippen LogP contribution in [0.4, 0.5) is 15.8 Å². The maximum absolute atomic E-state index is 13.1. The van der Waals surface area contributed by atoms with Gasteiger partial charge in [0.25, 0.3) is 5.91 Å². The monoisotopic (exact) mass is 321 g/mol. The molecule has 0 heterocycles. The molecule has 7 heteroatoms. The van der Waals surface area contributed by atoms with Gasteiger partial charge in [0.2, 0.25) is 5.91 Å². The van der Waals surface area contributed by atoms with E-state index in [2.05, 4.69) is 10.6 Å². The van der Waals surface area contributed by atoms with Crippen molar-refractivity contribution in [1.82, 2.24) is 0 Å². The molecule has 0 aliphatic rings. The summed E-state index contributed by atoms with van der Waals surface area (Å²) in [7, 11) is 0. The van der Waals surface area contributed by atoms with Crippen LogP contribution in [-0.4, -0.2) is 18.4 Å². The van der Waals surface area contributed by atoms with Crippen molar-refractivity contribution in [2.75, 3.05) is 17.2 Å². The fourth-order valence-corrected chi connectivity index (χ4v) is 1.96. The Morgan fingerprint density at radius 1 is 1.14 bits per heavy atom. The van der Waals surface area contributed by atoms with Gasteiger partial charge in [-0.25, -0.2) is 4.39 Å². The first-order valence-corrected chi connectivity index (χ1v) is 6.74. The van der Waals surface area contributed by atoms with Gasteiger partial charge in [-0.3, -0.25) is 9.59 Å². The molecular weight excluding hydrogens is 309 g/mol. The molecule has 0 unspecified atom stereocenters. The van der Waals surface area contributed by atoms with Crippen LogP contribution in [0.5, 0.6) is 0 Å². The van der Waals surface area contributed by atoms with E-state index < -0.39 is 11.7 Å². The maximum atomic E-state index is 13.1. The van der Waals surface area contributed by atoms with Gasteiger partial charge >= 0.3 is 0 Å². The van der Waals surface area contributed by atoms with E-state index in [0.29, 0.717) is 11.4 Å². The summed E-state index contributed by atoms with van der Waals surface area (Å²) in [5.74, 6) is -1.34. The largest absolute Gasteiger partial charge is 0.325 e. The lowest BCUT2D eigenvalue weighted by molar-refractivity contribution is -0.114. The minimum atomic E-state index is -0.501. The molecule has 0 aromatic heterocycles. The number of nitrogens with one attached hydrogen (secondary N) is 2. The van der Waals surface area contributed by atoms with Crippen molar-refractivity contribution in [3.8, 4) is 0 Å². The van der Waals surface area contributed by atoms with Crippen LogP contribution in [0.1, 0.15) is 10.4 Å².